The first-order valence-corrected chi connectivity index (χ1v) is 8.37. The molecule has 0 bridgehead atoms. The van der Waals surface area contributed by atoms with Gasteiger partial charge in [-0.3, -0.25) is 9.59 Å². The molecule has 1 saturated heterocycles. The lowest BCUT2D eigenvalue weighted by Crippen LogP contribution is -2.33. The Morgan fingerprint density at radius 2 is 1.76 bits per heavy atom. The normalized spacial score (nSPS) is 17.7. The van der Waals surface area contributed by atoms with Crippen molar-refractivity contribution in [3.63, 3.8) is 0 Å². The fraction of sp³-hybridized carbons (Fsp3) is 0.875. The number of carbonyl (C=O) groups is 2. The molecule has 0 unspecified atom stereocenters. The zero-order valence-electron chi connectivity index (χ0n) is 13.3. The van der Waals surface area contributed by atoms with E-state index in [-0.39, 0.29) is 30.8 Å². The number of hydrogen-bond donors (Lipinski definition) is 2. The summed E-state index contributed by atoms with van der Waals surface area (Å²) in [5.41, 5.74) is 0. The van der Waals surface area contributed by atoms with E-state index in [4.69, 9.17) is 4.74 Å². The van der Waals surface area contributed by atoms with E-state index in [1.807, 2.05) is 0 Å². The van der Waals surface area contributed by atoms with Gasteiger partial charge in [0.25, 0.3) is 0 Å². The highest BCUT2D eigenvalue weighted by Crippen LogP contribution is 2.10. The first-order chi connectivity index (χ1) is 10.2. The van der Waals surface area contributed by atoms with Crippen molar-refractivity contribution in [3.8, 4) is 0 Å². The molecule has 1 aliphatic heterocycles. The first-order valence-electron chi connectivity index (χ1n) is 8.37. The number of rotatable bonds is 11. The van der Waals surface area contributed by atoms with Gasteiger partial charge in [-0.1, -0.05) is 32.6 Å². The van der Waals surface area contributed by atoms with Crippen LogP contribution in [0.15, 0.2) is 0 Å². The number of amides is 2. The Kier molecular flexibility index (Phi) is 9.87. The molecule has 0 aromatic rings. The summed E-state index contributed by atoms with van der Waals surface area (Å²) >= 11 is 0. The average Bonchev–Trinajstić information content (AvgIpc) is 3.00. The van der Waals surface area contributed by atoms with Gasteiger partial charge < -0.3 is 15.4 Å². The van der Waals surface area contributed by atoms with Crippen LogP contribution in [0.1, 0.15) is 64.7 Å². The third-order valence-corrected chi connectivity index (χ3v) is 3.73. The molecule has 0 aromatic heterocycles. The summed E-state index contributed by atoms with van der Waals surface area (Å²) in [5, 5.41) is 5.69. The molecule has 21 heavy (non-hydrogen) atoms. The fourth-order valence-corrected chi connectivity index (χ4v) is 2.39. The summed E-state index contributed by atoms with van der Waals surface area (Å²) in [4.78, 5) is 23.2. The summed E-state index contributed by atoms with van der Waals surface area (Å²) in [6, 6.07) is 0. The molecule has 0 saturated carbocycles. The molecule has 1 rings (SSSR count). The molecule has 0 spiro atoms. The second-order valence-electron chi connectivity index (χ2n) is 5.70. The van der Waals surface area contributed by atoms with E-state index in [1.54, 1.807) is 0 Å². The minimum absolute atomic E-state index is 0.0299. The predicted molar refractivity (Wildman–Crippen MR) is 83.0 cm³/mol. The molecule has 5 nitrogen and oxygen atoms in total. The van der Waals surface area contributed by atoms with Crippen molar-refractivity contribution in [2.45, 2.75) is 70.8 Å². The molecular formula is C16H30N2O3. The zero-order chi connectivity index (χ0) is 15.3. The quantitative estimate of drug-likeness (QED) is 0.574. The Bertz CT molecular complexity index is 302. The van der Waals surface area contributed by atoms with E-state index in [9.17, 15) is 9.59 Å². The van der Waals surface area contributed by atoms with Crippen LogP contribution in [0.5, 0.6) is 0 Å². The van der Waals surface area contributed by atoms with Gasteiger partial charge in [0.2, 0.25) is 11.8 Å². The summed E-state index contributed by atoms with van der Waals surface area (Å²) in [7, 11) is 0. The topological polar surface area (TPSA) is 67.4 Å². The van der Waals surface area contributed by atoms with Gasteiger partial charge in [0, 0.05) is 32.5 Å². The van der Waals surface area contributed by atoms with Crippen LogP contribution in [0.2, 0.25) is 0 Å². The van der Waals surface area contributed by atoms with Crippen LogP contribution in [0.25, 0.3) is 0 Å². The molecule has 5 heteroatoms. The Labute approximate surface area is 128 Å². The fourth-order valence-electron chi connectivity index (χ4n) is 2.39. The highest BCUT2D eigenvalue weighted by atomic mass is 16.5. The monoisotopic (exact) mass is 298 g/mol. The minimum Gasteiger partial charge on any atom is -0.376 e. The van der Waals surface area contributed by atoms with E-state index < -0.39 is 0 Å². The molecule has 1 fully saturated rings. The number of unbranched alkanes of at least 4 members (excludes halogenated alkanes) is 4. The van der Waals surface area contributed by atoms with Gasteiger partial charge in [-0.15, -0.1) is 0 Å². The smallest absolute Gasteiger partial charge is 0.220 e. The van der Waals surface area contributed by atoms with E-state index in [2.05, 4.69) is 17.6 Å². The van der Waals surface area contributed by atoms with Crippen molar-refractivity contribution in [1.29, 1.82) is 0 Å². The molecule has 0 radical (unpaired) electrons. The first kappa shape index (κ1) is 18.0. The third kappa shape index (κ3) is 9.45. The maximum absolute atomic E-state index is 11.6. The second-order valence-corrected chi connectivity index (χ2v) is 5.70. The van der Waals surface area contributed by atoms with Crippen LogP contribution < -0.4 is 10.6 Å². The van der Waals surface area contributed by atoms with Gasteiger partial charge in [0.05, 0.1) is 6.10 Å². The highest BCUT2D eigenvalue weighted by molar-refractivity contribution is 5.83. The van der Waals surface area contributed by atoms with Crippen LogP contribution in [-0.4, -0.2) is 37.6 Å². The van der Waals surface area contributed by atoms with Crippen LogP contribution in [-0.2, 0) is 14.3 Å². The number of hydrogen-bond acceptors (Lipinski definition) is 3. The second kappa shape index (κ2) is 11.5. The van der Waals surface area contributed by atoms with E-state index in [0.29, 0.717) is 6.54 Å². The Balaban J connectivity index is 1.92. The van der Waals surface area contributed by atoms with Gasteiger partial charge in [-0.05, 0) is 19.3 Å². The van der Waals surface area contributed by atoms with E-state index >= 15 is 0 Å². The lowest BCUT2D eigenvalue weighted by atomic mass is 10.1. The lowest BCUT2D eigenvalue weighted by molar-refractivity contribution is -0.126. The van der Waals surface area contributed by atoms with Gasteiger partial charge in [0.1, 0.15) is 0 Å². The predicted octanol–water partition coefficient (Wildman–Crippen LogP) is 2.15. The van der Waals surface area contributed by atoms with E-state index in [1.165, 1.54) is 19.3 Å². The molecule has 1 aliphatic rings. The molecule has 2 amide bonds. The molecule has 1 heterocycles. The SMILES string of the molecule is CCCCCCCNC(=O)CCC(=O)NC[C@H]1CCCO1. The summed E-state index contributed by atoms with van der Waals surface area (Å²) < 4.78 is 5.43. The van der Waals surface area contributed by atoms with Crippen molar-refractivity contribution >= 4 is 11.8 Å². The molecular weight excluding hydrogens is 268 g/mol. The number of ether oxygens (including phenoxy) is 1. The number of carbonyl (C=O) groups excluding carboxylic acids is 2. The van der Waals surface area contributed by atoms with E-state index in [0.717, 1.165) is 38.8 Å². The van der Waals surface area contributed by atoms with Crippen LogP contribution in [0.3, 0.4) is 0 Å². The van der Waals surface area contributed by atoms with Crippen LogP contribution in [0.4, 0.5) is 0 Å². The lowest BCUT2D eigenvalue weighted by Gasteiger charge is -2.10. The van der Waals surface area contributed by atoms with Crippen molar-refractivity contribution in [2.24, 2.45) is 0 Å². The number of nitrogens with one attached hydrogen (secondary N) is 2. The van der Waals surface area contributed by atoms with Crippen LogP contribution in [0, 0.1) is 0 Å². The standard InChI is InChI=1S/C16H30N2O3/c1-2-3-4-5-6-11-17-15(19)9-10-16(20)18-13-14-8-7-12-21-14/h14H,2-13H2,1H3,(H,17,19)(H,18,20)/t14-/m1/s1. The molecule has 0 aromatic carbocycles. The van der Waals surface area contributed by atoms with Crippen molar-refractivity contribution in [1.82, 2.24) is 10.6 Å². The van der Waals surface area contributed by atoms with Gasteiger partial charge in [-0.25, -0.2) is 0 Å². The average molecular weight is 298 g/mol. The van der Waals surface area contributed by atoms with Crippen molar-refractivity contribution < 1.29 is 14.3 Å². The largest absolute Gasteiger partial charge is 0.376 e. The van der Waals surface area contributed by atoms with Gasteiger partial charge in [0.15, 0.2) is 0 Å². The summed E-state index contributed by atoms with van der Waals surface area (Å²) in [6.45, 7) is 4.27. The highest BCUT2D eigenvalue weighted by Gasteiger charge is 2.16. The molecule has 0 aliphatic carbocycles. The molecule has 122 valence electrons. The molecule has 2 N–H and O–H groups in total. The minimum atomic E-state index is -0.0661. The zero-order valence-corrected chi connectivity index (χ0v) is 13.3. The Morgan fingerprint density at radius 3 is 2.43 bits per heavy atom. The van der Waals surface area contributed by atoms with Crippen LogP contribution >= 0.6 is 0 Å². The Hall–Kier alpha value is -1.10. The maximum Gasteiger partial charge on any atom is 0.220 e. The van der Waals surface area contributed by atoms with Gasteiger partial charge in [-0.2, -0.15) is 0 Å². The third-order valence-electron chi connectivity index (χ3n) is 3.73. The maximum atomic E-state index is 11.6. The van der Waals surface area contributed by atoms with Crippen molar-refractivity contribution in [2.75, 3.05) is 19.7 Å². The summed E-state index contributed by atoms with van der Waals surface area (Å²) in [6.07, 6.45) is 8.68. The Morgan fingerprint density at radius 1 is 1.05 bits per heavy atom. The van der Waals surface area contributed by atoms with Crippen molar-refractivity contribution in [3.05, 3.63) is 0 Å². The van der Waals surface area contributed by atoms with Gasteiger partial charge >= 0.3 is 0 Å². The summed E-state index contributed by atoms with van der Waals surface area (Å²) in [5.74, 6) is -0.0960. The molecule has 1 atom stereocenters.